The molecule has 126 valence electrons. The summed E-state index contributed by atoms with van der Waals surface area (Å²) in [6, 6.07) is 0. The number of isocyanates is 3. The zero-order valence-corrected chi connectivity index (χ0v) is 5.17. The zero-order valence-electron chi connectivity index (χ0n) is 5.17. The fourth-order valence-electron chi connectivity index (χ4n) is 0. The van der Waals surface area contributed by atoms with Crippen LogP contribution >= 0.6 is 0 Å². The van der Waals surface area contributed by atoms with E-state index < -0.39 is 0 Å². The fourth-order valence-corrected chi connectivity index (χ4v) is 0. The summed E-state index contributed by atoms with van der Waals surface area (Å²) in [6.45, 7) is 0. The molecule has 0 aliphatic carbocycles. The Morgan fingerprint density at radius 2 is 0.684 bits per heavy atom. The van der Waals surface area contributed by atoms with Gasteiger partial charge in [0.25, 0.3) is 0 Å². The van der Waals surface area contributed by atoms with Gasteiger partial charge in [-0.25, -0.2) is 30.2 Å². The van der Waals surface area contributed by atoms with Crippen molar-refractivity contribution in [2.75, 3.05) is 7.05 Å². The largest absolute Gasteiger partial charge is 0.234 e. The summed E-state index contributed by atoms with van der Waals surface area (Å²) in [4.78, 5) is 28.5. The Kier molecular flexibility index (Phi) is 7190. The summed E-state index contributed by atoms with van der Waals surface area (Å²) >= 11 is 0. The standard InChI is InChI=1S/C2H3NO.2CHNO.9CH4/c1-3-2-4;2*2-1-3;;;;;;;;;/h1H3;2*2H;9*1H4. The first-order valence-corrected chi connectivity index (χ1v) is 1.78. The van der Waals surface area contributed by atoms with E-state index in [1.54, 1.807) is 0 Å². The molecule has 0 radical (unpaired) electrons. The van der Waals surface area contributed by atoms with Crippen LogP contribution in [0, 0.1) is 10.8 Å². The number of rotatable bonds is 0. The lowest BCUT2D eigenvalue weighted by Crippen LogP contribution is -1.38. The summed E-state index contributed by atoms with van der Waals surface area (Å²) < 4.78 is 0. The highest BCUT2D eigenvalue weighted by molar-refractivity contribution is 5.32. The van der Waals surface area contributed by atoms with E-state index >= 15 is 0 Å². The number of carbonyl (C=O) groups excluding carboxylic acids is 3. The van der Waals surface area contributed by atoms with E-state index in [0.717, 1.165) is 12.2 Å². The molecule has 6 heteroatoms. The molecule has 0 rings (SSSR count). The summed E-state index contributed by atoms with van der Waals surface area (Å²) in [5.74, 6) is 0. The second-order valence-corrected chi connectivity index (χ2v) is 0.519. The second-order valence-electron chi connectivity index (χ2n) is 0.519. The van der Waals surface area contributed by atoms with Crippen LogP contribution in [0.15, 0.2) is 4.99 Å². The monoisotopic (exact) mass is 287 g/mol. The van der Waals surface area contributed by atoms with Crippen molar-refractivity contribution < 1.29 is 14.4 Å². The first kappa shape index (κ1) is 169. The molecule has 0 atom stereocenters. The summed E-state index contributed by atoms with van der Waals surface area (Å²) in [7, 11) is 1.38. The number of nitrogens with zero attached hydrogens (tertiary/aromatic N) is 1. The minimum Gasteiger partial charge on any atom is -0.222 e. The van der Waals surface area contributed by atoms with Gasteiger partial charge in [0.2, 0.25) is 18.2 Å². The quantitative estimate of drug-likeness (QED) is 0.454. The number of nitrogens with one attached hydrogen (secondary N) is 2. The van der Waals surface area contributed by atoms with E-state index in [1.807, 2.05) is 0 Å². The van der Waals surface area contributed by atoms with Crippen molar-refractivity contribution >= 4 is 18.2 Å². The number of hydrogen-bond acceptors (Lipinski definition) is 6. The van der Waals surface area contributed by atoms with Gasteiger partial charge in [-0.1, -0.05) is 66.8 Å². The minimum atomic E-state index is 0. The fraction of sp³-hybridized carbons (Fsp3) is 0.769. The van der Waals surface area contributed by atoms with Crippen molar-refractivity contribution in [3.8, 4) is 0 Å². The Bertz CT molecular complexity index is 154. The van der Waals surface area contributed by atoms with Gasteiger partial charge in [0.1, 0.15) is 0 Å². The van der Waals surface area contributed by atoms with E-state index in [2.05, 4.69) is 4.99 Å². The third kappa shape index (κ3) is 4360. The molecule has 0 aliphatic heterocycles. The Labute approximate surface area is 123 Å². The molecule has 0 bridgehead atoms. The van der Waals surface area contributed by atoms with Gasteiger partial charge < -0.3 is 0 Å². The van der Waals surface area contributed by atoms with Crippen LogP contribution < -0.4 is 0 Å². The van der Waals surface area contributed by atoms with E-state index in [0.29, 0.717) is 0 Å². The molecule has 6 nitrogen and oxygen atoms in total. The second kappa shape index (κ2) is 808. The Morgan fingerprint density at radius 1 is 0.632 bits per heavy atom. The molecule has 0 aliphatic rings. The first-order valence-electron chi connectivity index (χ1n) is 1.78. The van der Waals surface area contributed by atoms with Crippen molar-refractivity contribution in [2.45, 2.75) is 66.8 Å². The van der Waals surface area contributed by atoms with Gasteiger partial charge in [0.15, 0.2) is 0 Å². The highest BCUT2D eigenvalue weighted by atomic mass is 16.1. The van der Waals surface area contributed by atoms with Crippen molar-refractivity contribution in [3.05, 3.63) is 0 Å². The molecule has 19 heavy (non-hydrogen) atoms. The Morgan fingerprint density at radius 3 is 0.684 bits per heavy atom. The van der Waals surface area contributed by atoms with E-state index in [-0.39, 0.29) is 66.8 Å². The van der Waals surface area contributed by atoms with Crippen molar-refractivity contribution in [1.29, 1.82) is 10.8 Å². The Hall–Kier alpha value is -1.86. The van der Waals surface area contributed by atoms with Crippen LogP contribution in [0.1, 0.15) is 66.8 Å². The Balaban J connectivity index is -0.00000000315. The first-order chi connectivity index (χ1) is 4.74. The van der Waals surface area contributed by atoms with Gasteiger partial charge in [0.05, 0.1) is 0 Å². The molecule has 0 amide bonds. The maximum absolute atomic E-state index is 8.88. The number of hydrogen-bond donors (Lipinski definition) is 2. The highest BCUT2D eigenvalue weighted by Crippen LogP contribution is 1.28. The van der Waals surface area contributed by atoms with Gasteiger partial charge in [-0.15, -0.1) is 0 Å². The van der Waals surface area contributed by atoms with Crippen LogP contribution in [0.2, 0.25) is 0 Å². The third-order valence-electron chi connectivity index (χ3n) is 0.0913. The van der Waals surface area contributed by atoms with E-state index in [9.17, 15) is 0 Å². The highest BCUT2D eigenvalue weighted by Gasteiger charge is 1.29. The normalized spacial score (nSPS) is 1.74. The number of aliphatic imine (C=N–C) groups is 1. The molecule has 0 aromatic carbocycles. The predicted octanol–water partition coefficient (Wildman–Crippen LogP) is 5.48. The molecular formula is C13H41N3O3. The maximum Gasteiger partial charge on any atom is 0.234 e. The lowest BCUT2D eigenvalue weighted by atomic mass is 11.4. The van der Waals surface area contributed by atoms with Crippen LogP contribution in [-0.4, -0.2) is 25.3 Å². The third-order valence-corrected chi connectivity index (χ3v) is 0.0913. The van der Waals surface area contributed by atoms with E-state index in [1.165, 1.54) is 13.1 Å². The zero-order chi connectivity index (χ0) is 8.83. The SMILES string of the molecule is C.C.C.C.C.C.C.C.C.CN=C=O.N=C=O.N=C=O. The smallest absolute Gasteiger partial charge is 0.222 e. The summed E-state index contributed by atoms with van der Waals surface area (Å²) in [5, 5.41) is 10.8. The molecule has 0 aromatic heterocycles. The lowest BCUT2D eigenvalue weighted by molar-refractivity contribution is 0.562. The lowest BCUT2D eigenvalue weighted by Gasteiger charge is -1.36. The van der Waals surface area contributed by atoms with Crippen LogP contribution in [0.25, 0.3) is 0 Å². The van der Waals surface area contributed by atoms with Gasteiger partial charge in [-0.3, -0.25) is 0 Å². The van der Waals surface area contributed by atoms with Crippen molar-refractivity contribution in [2.24, 2.45) is 4.99 Å². The average Bonchev–Trinajstić information content (AvgIpc) is 1.91. The molecule has 0 spiro atoms. The molecular weight excluding hydrogens is 246 g/mol. The van der Waals surface area contributed by atoms with Crippen LogP contribution in [0.3, 0.4) is 0 Å². The summed E-state index contributed by atoms with van der Waals surface area (Å²) in [5.41, 5.74) is 0. The maximum atomic E-state index is 8.88. The van der Waals surface area contributed by atoms with Gasteiger partial charge in [-0.2, -0.15) is 0 Å². The molecule has 0 saturated heterocycles. The molecule has 0 fully saturated rings. The molecule has 0 saturated carbocycles. The molecule has 0 aromatic rings. The van der Waals surface area contributed by atoms with Crippen molar-refractivity contribution in [1.82, 2.24) is 0 Å². The van der Waals surface area contributed by atoms with Crippen LogP contribution in [0.4, 0.5) is 0 Å². The molecule has 0 unspecified atom stereocenters. The van der Waals surface area contributed by atoms with Gasteiger partial charge >= 0.3 is 0 Å². The summed E-state index contributed by atoms with van der Waals surface area (Å²) in [6.07, 6.45) is 2.81. The van der Waals surface area contributed by atoms with Crippen molar-refractivity contribution in [3.63, 3.8) is 0 Å². The molecule has 0 heterocycles. The van der Waals surface area contributed by atoms with E-state index in [4.69, 9.17) is 25.2 Å². The van der Waals surface area contributed by atoms with Crippen LogP contribution in [0.5, 0.6) is 0 Å². The van der Waals surface area contributed by atoms with Crippen LogP contribution in [-0.2, 0) is 14.4 Å². The average molecular weight is 287 g/mol. The molecule has 2 N–H and O–H groups in total. The predicted molar refractivity (Wildman–Crippen MR) is 91.5 cm³/mol. The topological polar surface area (TPSA) is 111 Å². The minimum absolute atomic E-state index is 0. The van der Waals surface area contributed by atoms with Gasteiger partial charge in [0, 0.05) is 7.05 Å². The van der Waals surface area contributed by atoms with Gasteiger partial charge in [-0.05, 0) is 0 Å².